The molecule has 1 aliphatic rings. The molecular formula is C15H19NO4. The van der Waals surface area contributed by atoms with Crippen LogP contribution in [-0.4, -0.2) is 46.2 Å². The van der Waals surface area contributed by atoms with E-state index in [2.05, 4.69) is 0 Å². The number of aliphatic hydroxyl groups excluding tert-OH is 1. The highest BCUT2D eigenvalue weighted by atomic mass is 16.4. The molecule has 1 aromatic carbocycles. The second-order valence-electron chi connectivity index (χ2n) is 5.21. The zero-order chi connectivity index (χ0) is 14.9. The second-order valence-corrected chi connectivity index (χ2v) is 5.21. The van der Waals surface area contributed by atoms with E-state index >= 15 is 0 Å². The van der Waals surface area contributed by atoms with Crippen molar-refractivity contribution in [2.24, 2.45) is 0 Å². The largest absolute Gasteiger partial charge is 0.478 e. The lowest BCUT2D eigenvalue weighted by Crippen LogP contribution is -2.37. The van der Waals surface area contributed by atoms with Gasteiger partial charge in [-0.25, -0.2) is 4.79 Å². The Bertz CT molecular complexity index is 549. The summed E-state index contributed by atoms with van der Waals surface area (Å²) in [7, 11) is 0. The van der Waals surface area contributed by atoms with E-state index in [4.69, 9.17) is 5.11 Å². The van der Waals surface area contributed by atoms with Gasteiger partial charge in [0.1, 0.15) is 0 Å². The van der Waals surface area contributed by atoms with Gasteiger partial charge in [0.2, 0.25) is 0 Å². The Morgan fingerprint density at radius 2 is 1.75 bits per heavy atom. The van der Waals surface area contributed by atoms with Crippen LogP contribution in [0.3, 0.4) is 0 Å². The molecule has 5 nitrogen and oxygen atoms in total. The lowest BCUT2D eigenvalue weighted by atomic mass is 9.96. The quantitative estimate of drug-likeness (QED) is 0.857. The third kappa shape index (κ3) is 2.67. The maximum Gasteiger partial charge on any atom is 0.336 e. The first-order valence-corrected chi connectivity index (χ1v) is 6.72. The number of hydrogen-bond donors (Lipinski definition) is 2. The smallest absolute Gasteiger partial charge is 0.336 e. The summed E-state index contributed by atoms with van der Waals surface area (Å²) >= 11 is 0. The highest BCUT2D eigenvalue weighted by Crippen LogP contribution is 2.30. The average Bonchev–Trinajstić information content (AvgIpc) is 3.21. The van der Waals surface area contributed by atoms with Crippen LogP contribution in [0.5, 0.6) is 0 Å². The van der Waals surface area contributed by atoms with Gasteiger partial charge in [0.05, 0.1) is 17.7 Å². The highest BCUT2D eigenvalue weighted by molar-refractivity contribution is 6.06. The van der Waals surface area contributed by atoms with Crippen molar-refractivity contribution in [1.29, 1.82) is 0 Å². The summed E-state index contributed by atoms with van der Waals surface area (Å²) in [5, 5.41) is 18.5. The molecule has 0 spiro atoms. The van der Waals surface area contributed by atoms with Crippen LogP contribution in [-0.2, 0) is 0 Å². The molecule has 0 saturated heterocycles. The van der Waals surface area contributed by atoms with Crippen LogP contribution >= 0.6 is 0 Å². The molecule has 108 valence electrons. The van der Waals surface area contributed by atoms with Crippen molar-refractivity contribution in [3.8, 4) is 0 Å². The fourth-order valence-electron chi connectivity index (χ4n) is 2.45. The summed E-state index contributed by atoms with van der Waals surface area (Å²) in [6.07, 6.45) is 1.83. The van der Waals surface area contributed by atoms with Crippen molar-refractivity contribution in [2.75, 3.05) is 13.2 Å². The van der Waals surface area contributed by atoms with E-state index in [-0.39, 0.29) is 36.2 Å². The topological polar surface area (TPSA) is 77.8 Å². The van der Waals surface area contributed by atoms with Crippen molar-refractivity contribution >= 4 is 11.9 Å². The fraction of sp³-hybridized carbons (Fsp3) is 0.467. The maximum atomic E-state index is 12.7. The summed E-state index contributed by atoms with van der Waals surface area (Å²) in [6, 6.07) is 3.61. The second kappa shape index (κ2) is 5.63. The van der Waals surface area contributed by atoms with Crippen LogP contribution in [0.4, 0.5) is 0 Å². The Hall–Kier alpha value is -1.88. The van der Waals surface area contributed by atoms with E-state index in [0.717, 1.165) is 12.8 Å². The van der Waals surface area contributed by atoms with Crippen LogP contribution in [0.15, 0.2) is 12.1 Å². The first-order chi connectivity index (χ1) is 9.47. The van der Waals surface area contributed by atoms with Crippen molar-refractivity contribution < 1.29 is 19.8 Å². The van der Waals surface area contributed by atoms with E-state index in [9.17, 15) is 14.7 Å². The molecule has 1 amide bonds. The first kappa shape index (κ1) is 14.5. The number of aryl methyl sites for hydroxylation is 2. The van der Waals surface area contributed by atoms with Gasteiger partial charge in [0, 0.05) is 12.6 Å². The van der Waals surface area contributed by atoms with Gasteiger partial charge in [-0.3, -0.25) is 4.79 Å². The number of benzene rings is 1. The van der Waals surface area contributed by atoms with Gasteiger partial charge in [0.25, 0.3) is 5.91 Å². The Balaban J connectivity index is 2.47. The number of nitrogens with zero attached hydrogens (tertiary/aromatic N) is 1. The Labute approximate surface area is 117 Å². The number of carboxylic acids is 1. The maximum absolute atomic E-state index is 12.7. The fourth-order valence-corrected chi connectivity index (χ4v) is 2.45. The number of aliphatic hydroxyl groups is 1. The first-order valence-electron chi connectivity index (χ1n) is 6.72. The molecule has 0 radical (unpaired) electrons. The number of rotatable bonds is 5. The van der Waals surface area contributed by atoms with Gasteiger partial charge in [-0.2, -0.15) is 0 Å². The molecule has 1 aromatic rings. The predicted molar refractivity (Wildman–Crippen MR) is 74.0 cm³/mol. The molecular weight excluding hydrogens is 258 g/mol. The average molecular weight is 277 g/mol. The summed E-state index contributed by atoms with van der Waals surface area (Å²) < 4.78 is 0. The third-order valence-corrected chi connectivity index (χ3v) is 3.64. The van der Waals surface area contributed by atoms with Crippen LogP contribution < -0.4 is 0 Å². The highest BCUT2D eigenvalue weighted by Gasteiger charge is 2.35. The number of hydrogen-bond acceptors (Lipinski definition) is 3. The van der Waals surface area contributed by atoms with Gasteiger partial charge in [-0.15, -0.1) is 0 Å². The lowest BCUT2D eigenvalue weighted by Gasteiger charge is -2.23. The van der Waals surface area contributed by atoms with E-state index < -0.39 is 5.97 Å². The number of carbonyl (C=O) groups excluding carboxylic acids is 1. The van der Waals surface area contributed by atoms with Crippen molar-refractivity contribution in [1.82, 2.24) is 4.90 Å². The van der Waals surface area contributed by atoms with E-state index in [0.29, 0.717) is 11.1 Å². The number of aromatic carboxylic acids is 1. The molecule has 0 bridgehead atoms. The standard InChI is InChI=1S/C15H19NO4/c1-9-3-4-10(2)13(15(19)20)12(9)14(18)16(7-8-17)11-5-6-11/h3-4,11,17H,5-8H2,1-2H3,(H,19,20). The van der Waals surface area contributed by atoms with Crippen LogP contribution in [0.25, 0.3) is 0 Å². The summed E-state index contributed by atoms with van der Waals surface area (Å²) in [6.45, 7) is 3.56. The molecule has 1 saturated carbocycles. The Kier molecular flexibility index (Phi) is 4.09. The SMILES string of the molecule is Cc1ccc(C)c(C(=O)N(CCO)C2CC2)c1C(=O)O. The molecule has 20 heavy (non-hydrogen) atoms. The zero-order valence-electron chi connectivity index (χ0n) is 11.7. The van der Waals surface area contributed by atoms with Gasteiger partial charge in [-0.05, 0) is 37.8 Å². The van der Waals surface area contributed by atoms with Gasteiger partial charge in [0.15, 0.2) is 0 Å². The number of carbonyl (C=O) groups is 2. The van der Waals surface area contributed by atoms with E-state index in [1.807, 2.05) is 0 Å². The summed E-state index contributed by atoms with van der Waals surface area (Å²) in [5.74, 6) is -1.38. The molecule has 2 rings (SSSR count). The van der Waals surface area contributed by atoms with E-state index in [1.165, 1.54) is 0 Å². The van der Waals surface area contributed by atoms with Gasteiger partial charge >= 0.3 is 5.97 Å². The molecule has 0 aromatic heterocycles. The number of amides is 1. The van der Waals surface area contributed by atoms with E-state index in [1.54, 1.807) is 30.9 Å². The van der Waals surface area contributed by atoms with Gasteiger partial charge in [-0.1, -0.05) is 12.1 Å². The van der Waals surface area contributed by atoms with Crippen molar-refractivity contribution in [3.63, 3.8) is 0 Å². The normalized spacial score (nSPS) is 14.2. The minimum atomic E-state index is -1.09. The summed E-state index contributed by atoms with van der Waals surface area (Å²) in [4.78, 5) is 25.7. The predicted octanol–water partition coefficient (Wildman–Crippen LogP) is 1.60. The van der Waals surface area contributed by atoms with Crippen LogP contribution in [0.2, 0.25) is 0 Å². The molecule has 0 atom stereocenters. The summed E-state index contributed by atoms with van der Waals surface area (Å²) in [5.41, 5.74) is 1.55. The van der Waals surface area contributed by atoms with Gasteiger partial charge < -0.3 is 15.1 Å². The monoisotopic (exact) mass is 277 g/mol. The molecule has 5 heteroatoms. The minimum Gasteiger partial charge on any atom is -0.478 e. The molecule has 1 fully saturated rings. The minimum absolute atomic E-state index is 0.0681. The third-order valence-electron chi connectivity index (χ3n) is 3.64. The molecule has 2 N–H and O–H groups in total. The van der Waals surface area contributed by atoms with Crippen LogP contribution in [0, 0.1) is 13.8 Å². The van der Waals surface area contributed by atoms with Crippen molar-refractivity contribution in [3.05, 3.63) is 34.4 Å². The Morgan fingerprint density at radius 1 is 1.20 bits per heavy atom. The Morgan fingerprint density at radius 3 is 2.20 bits per heavy atom. The molecule has 1 aliphatic carbocycles. The zero-order valence-corrected chi connectivity index (χ0v) is 11.7. The molecule has 0 unspecified atom stereocenters. The van der Waals surface area contributed by atoms with Crippen LogP contribution in [0.1, 0.15) is 44.7 Å². The van der Waals surface area contributed by atoms with Crippen molar-refractivity contribution in [2.45, 2.75) is 32.7 Å². The molecule has 0 aliphatic heterocycles. The number of carboxylic acid groups (broad SMARTS) is 1. The molecule has 0 heterocycles. The lowest BCUT2D eigenvalue weighted by molar-refractivity contribution is 0.0659.